The maximum atomic E-state index is 6.29. The molecular formula is C11H23NO2. The highest BCUT2D eigenvalue weighted by Crippen LogP contribution is 2.27. The van der Waals surface area contributed by atoms with Gasteiger partial charge in [-0.15, -0.1) is 0 Å². The number of methoxy groups -OCH3 is 1. The smallest absolute Gasteiger partial charge is 0.0623 e. The van der Waals surface area contributed by atoms with E-state index in [0.29, 0.717) is 0 Å². The van der Waals surface area contributed by atoms with Gasteiger partial charge in [0.25, 0.3) is 0 Å². The maximum Gasteiger partial charge on any atom is 0.0623 e. The highest BCUT2D eigenvalue weighted by atomic mass is 16.5. The number of hydrogen-bond donors (Lipinski definition) is 1. The van der Waals surface area contributed by atoms with E-state index in [1.165, 1.54) is 0 Å². The van der Waals surface area contributed by atoms with Gasteiger partial charge in [0.1, 0.15) is 0 Å². The van der Waals surface area contributed by atoms with Crippen LogP contribution in [0.25, 0.3) is 0 Å². The second-order valence-corrected chi connectivity index (χ2v) is 4.94. The maximum absolute atomic E-state index is 6.29. The Morgan fingerprint density at radius 2 is 1.93 bits per heavy atom. The molecule has 0 radical (unpaired) electrons. The highest BCUT2D eigenvalue weighted by Gasteiger charge is 2.30. The van der Waals surface area contributed by atoms with Gasteiger partial charge in [-0.3, -0.25) is 0 Å². The average molecular weight is 201 g/mol. The third-order valence-corrected chi connectivity index (χ3v) is 3.27. The molecule has 2 N–H and O–H groups in total. The summed E-state index contributed by atoms with van der Waals surface area (Å²) in [6, 6.07) is 0. The molecule has 1 rings (SSSR count). The van der Waals surface area contributed by atoms with Gasteiger partial charge in [0, 0.05) is 25.9 Å². The monoisotopic (exact) mass is 201 g/mol. The van der Waals surface area contributed by atoms with Crippen LogP contribution < -0.4 is 5.73 Å². The highest BCUT2D eigenvalue weighted by molar-refractivity contribution is 4.88. The molecule has 0 unspecified atom stereocenters. The van der Waals surface area contributed by atoms with Crippen LogP contribution >= 0.6 is 0 Å². The summed E-state index contributed by atoms with van der Waals surface area (Å²) in [5.41, 5.74) is 6.21. The fourth-order valence-corrected chi connectivity index (χ4v) is 1.68. The first kappa shape index (κ1) is 12.0. The van der Waals surface area contributed by atoms with E-state index in [-0.39, 0.29) is 11.1 Å². The summed E-state index contributed by atoms with van der Waals surface area (Å²) in [5.74, 6) is 0. The Kier molecular flexibility index (Phi) is 3.93. The molecule has 0 saturated carbocycles. The molecule has 0 bridgehead atoms. The van der Waals surface area contributed by atoms with E-state index in [0.717, 1.165) is 38.9 Å². The van der Waals surface area contributed by atoms with Crippen molar-refractivity contribution in [3.63, 3.8) is 0 Å². The van der Waals surface area contributed by atoms with E-state index in [4.69, 9.17) is 15.2 Å². The summed E-state index contributed by atoms with van der Waals surface area (Å²) < 4.78 is 10.7. The Balaban J connectivity index is 2.35. The zero-order chi connectivity index (χ0) is 10.7. The Labute approximate surface area is 86.9 Å². The van der Waals surface area contributed by atoms with Gasteiger partial charge < -0.3 is 15.2 Å². The lowest BCUT2D eigenvalue weighted by molar-refractivity contribution is -0.00321. The van der Waals surface area contributed by atoms with Gasteiger partial charge in [0.2, 0.25) is 0 Å². The van der Waals surface area contributed by atoms with Gasteiger partial charge in [0.15, 0.2) is 0 Å². The fourth-order valence-electron chi connectivity index (χ4n) is 1.68. The molecule has 1 aliphatic rings. The van der Waals surface area contributed by atoms with Crippen molar-refractivity contribution in [1.82, 2.24) is 0 Å². The van der Waals surface area contributed by atoms with E-state index in [2.05, 4.69) is 13.8 Å². The molecular weight excluding hydrogens is 178 g/mol. The molecule has 1 aliphatic heterocycles. The third kappa shape index (κ3) is 3.56. The van der Waals surface area contributed by atoms with Crippen molar-refractivity contribution in [2.75, 3.05) is 20.3 Å². The minimum Gasteiger partial charge on any atom is -0.381 e. The Bertz CT molecular complexity index is 174. The first-order valence-electron chi connectivity index (χ1n) is 5.39. The van der Waals surface area contributed by atoms with Crippen LogP contribution in [0, 0.1) is 0 Å². The van der Waals surface area contributed by atoms with E-state index in [1.54, 1.807) is 7.11 Å². The molecule has 0 aromatic carbocycles. The lowest BCUT2D eigenvalue weighted by Crippen LogP contribution is -2.46. The SMILES string of the molecule is COC(C)(C)CCC1(N)CCOCC1. The van der Waals surface area contributed by atoms with Crippen LogP contribution in [-0.4, -0.2) is 31.5 Å². The van der Waals surface area contributed by atoms with Crippen LogP contribution in [0.5, 0.6) is 0 Å². The molecule has 1 heterocycles. The lowest BCUT2D eigenvalue weighted by atomic mass is 9.83. The predicted molar refractivity (Wildman–Crippen MR) is 57.3 cm³/mol. The quantitative estimate of drug-likeness (QED) is 0.753. The minimum absolute atomic E-state index is 0.0198. The van der Waals surface area contributed by atoms with Gasteiger partial charge in [-0.2, -0.15) is 0 Å². The zero-order valence-corrected chi connectivity index (χ0v) is 9.64. The second kappa shape index (κ2) is 4.60. The van der Waals surface area contributed by atoms with Crippen LogP contribution in [0.3, 0.4) is 0 Å². The third-order valence-electron chi connectivity index (χ3n) is 3.27. The number of ether oxygens (including phenoxy) is 2. The number of hydrogen-bond acceptors (Lipinski definition) is 3. The summed E-state index contributed by atoms with van der Waals surface area (Å²) in [7, 11) is 1.76. The minimum atomic E-state index is -0.0509. The standard InChI is InChI=1S/C11H23NO2/c1-10(2,13-3)4-5-11(12)6-8-14-9-7-11/h4-9,12H2,1-3H3. The largest absolute Gasteiger partial charge is 0.381 e. The Hall–Kier alpha value is -0.120. The van der Waals surface area contributed by atoms with Crippen LogP contribution in [0.15, 0.2) is 0 Å². The first-order valence-corrected chi connectivity index (χ1v) is 5.39. The normalized spacial score (nSPS) is 22.3. The number of rotatable bonds is 4. The molecule has 84 valence electrons. The van der Waals surface area contributed by atoms with Crippen molar-refractivity contribution in [3.05, 3.63) is 0 Å². The topological polar surface area (TPSA) is 44.5 Å². The molecule has 0 amide bonds. The van der Waals surface area contributed by atoms with Gasteiger partial charge in [-0.05, 0) is 39.5 Å². The summed E-state index contributed by atoms with van der Waals surface area (Å²) in [6.45, 7) is 5.83. The van der Waals surface area contributed by atoms with Crippen molar-refractivity contribution < 1.29 is 9.47 Å². The number of nitrogens with two attached hydrogens (primary N) is 1. The lowest BCUT2D eigenvalue weighted by Gasteiger charge is -2.36. The molecule has 3 nitrogen and oxygen atoms in total. The molecule has 1 fully saturated rings. The summed E-state index contributed by atoms with van der Waals surface area (Å²) in [6.07, 6.45) is 4.00. The molecule has 0 aromatic rings. The summed E-state index contributed by atoms with van der Waals surface area (Å²) in [4.78, 5) is 0. The molecule has 0 aromatic heterocycles. The summed E-state index contributed by atoms with van der Waals surface area (Å²) in [5, 5.41) is 0. The van der Waals surface area contributed by atoms with Crippen LogP contribution in [0.1, 0.15) is 39.5 Å². The fraction of sp³-hybridized carbons (Fsp3) is 1.00. The van der Waals surface area contributed by atoms with Crippen molar-refractivity contribution in [3.8, 4) is 0 Å². The molecule has 0 atom stereocenters. The van der Waals surface area contributed by atoms with E-state index < -0.39 is 0 Å². The molecule has 3 heteroatoms. The van der Waals surface area contributed by atoms with E-state index in [1.807, 2.05) is 0 Å². The predicted octanol–water partition coefficient (Wildman–Crippen LogP) is 1.70. The van der Waals surface area contributed by atoms with Crippen molar-refractivity contribution in [1.29, 1.82) is 0 Å². The van der Waals surface area contributed by atoms with Gasteiger partial charge in [0.05, 0.1) is 5.60 Å². The van der Waals surface area contributed by atoms with E-state index in [9.17, 15) is 0 Å². The molecule has 0 spiro atoms. The first-order chi connectivity index (χ1) is 6.47. The Morgan fingerprint density at radius 3 is 2.43 bits per heavy atom. The summed E-state index contributed by atoms with van der Waals surface area (Å²) >= 11 is 0. The van der Waals surface area contributed by atoms with Crippen molar-refractivity contribution >= 4 is 0 Å². The van der Waals surface area contributed by atoms with Crippen molar-refractivity contribution in [2.24, 2.45) is 5.73 Å². The molecule has 1 saturated heterocycles. The van der Waals surface area contributed by atoms with E-state index >= 15 is 0 Å². The van der Waals surface area contributed by atoms with Crippen LogP contribution in [0.2, 0.25) is 0 Å². The molecule has 0 aliphatic carbocycles. The van der Waals surface area contributed by atoms with Crippen molar-refractivity contribution in [2.45, 2.75) is 50.7 Å². The Morgan fingerprint density at radius 1 is 1.36 bits per heavy atom. The zero-order valence-electron chi connectivity index (χ0n) is 9.64. The van der Waals surface area contributed by atoms with Gasteiger partial charge >= 0.3 is 0 Å². The van der Waals surface area contributed by atoms with Crippen LogP contribution in [0.4, 0.5) is 0 Å². The average Bonchev–Trinajstić information content (AvgIpc) is 2.17. The van der Waals surface area contributed by atoms with Gasteiger partial charge in [-0.1, -0.05) is 0 Å². The molecule has 14 heavy (non-hydrogen) atoms. The van der Waals surface area contributed by atoms with Crippen LogP contribution in [-0.2, 0) is 9.47 Å². The van der Waals surface area contributed by atoms with Gasteiger partial charge in [-0.25, -0.2) is 0 Å². The second-order valence-electron chi connectivity index (χ2n) is 4.94.